The van der Waals surface area contributed by atoms with Gasteiger partial charge in [-0.3, -0.25) is 4.79 Å². The Labute approximate surface area is 90.0 Å². The van der Waals surface area contributed by atoms with Gasteiger partial charge in [0.2, 0.25) is 5.91 Å². The van der Waals surface area contributed by atoms with Gasteiger partial charge in [0, 0.05) is 19.0 Å². The van der Waals surface area contributed by atoms with Crippen LogP contribution in [-0.2, 0) is 4.79 Å². The molecular weight excluding hydrogens is 202 g/mol. The number of piperidine rings is 1. The Balaban J connectivity index is 2.54. The molecule has 0 saturated carbocycles. The number of alkyl halides is 1. The lowest BCUT2D eigenvalue weighted by molar-refractivity contribution is -0.134. The van der Waals surface area contributed by atoms with E-state index in [-0.39, 0.29) is 17.9 Å². The monoisotopic (exact) mass is 219 g/mol. The van der Waals surface area contributed by atoms with E-state index < -0.39 is 5.38 Å². The molecule has 3 nitrogen and oxygen atoms in total. The van der Waals surface area contributed by atoms with Crippen LogP contribution in [0.2, 0.25) is 0 Å². The Bertz CT molecular complexity index is 208. The lowest BCUT2D eigenvalue weighted by atomic mass is 9.92. The first-order valence-corrected chi connectivity index (χ1v) is 5.60. The number of aliphatic hydroxyl groups excluding tert-OH is 1. The van der Waals surface area contributed by atoms with Crippen LogP contribution >= 0.6 is 11.6 Å². The smallest absolute Gasteiger partial charge is 0.240 e. The van der Waals surface area contributed by atoms with Crippen LogP contribution in [0.5, 0.6) is 0 Å². The Hall–Kier alpha value is -0.280. The molecule has 1 rings (SSSR count). The topological polar surface area (TPSA) is 40.5 Å². The zero-order chi connectivity index (χ0) is 10.7. The average Bonchev–Trinajstić information content (AvgIpc) is 2.17. The van der Waals surface area contributed by atoms with E-state index in [1.54, 1.807) is 11.8 Å². The number of aliphatic hydroxyl groups is 1. The van der Waals surface area contributed by atoms with Crippen molar-refractivity contribution >= 4 is 17.5 Å². The van der Waals surface area contributed by atoms with E-state index in [2.05, 4.69) is 0 Å². The van der Waals surface area contributed by atoms with Crippen molar-refractivity contribution in [3.05, 3.63) is 0 Å². The van der Waals surface area contributed by atoms with E-state index >= 15 is 0 Å². The summed E-state index contributed by atoms with van der Waals surface area (Å²) in [6.45, 7) is 5.00. The molecule has 4 heteroatoms. The number of halogens is 1. The summed E-state index contributed by atoms with van der Waals surface area (Å²) < 4.78 is 0. The number of hydrogen-bond donors (Lipinski definition) is 1. The highest BCUT2D eigenvalue weighted by molar-refractivity contribution is 6.30. The minimum Gasteiger partial charge on any atom is -0.393 e. The summed E-state index contributed by atoms with van der Waals surface area (Å²) in [4.78, 5) is 13.3. The molecule has 1 aliphatic rings. The zero-order valence-electron chi connectivity index (χ0n) is 8.74. The van der Waals surface area contributed by atoms with Gasteiger partial charge in [0.15, 0.2) is 0 Å². The van der Waals surface area contributed by atoms with E-state index in [1.807, 2.05) is 6.92 Å². The molecule has 0 aromatic rings. The standard InChI is InChI=1S/C10H18ClNO2/c1-3-8-6-12(5-4-9(8)13)10(14)7(2)11/h7-9,13H,3-6H2,1-2H3/t7-,8-,9-/m1/s1. The van der Waals surface area contributed by atoms with Crippen LogP contribution in [-0.4, -0.2) is 40.5 Å². The van der Waals surface area contributed by atoms with Gasteiger partial charge in [0.1, 0.15) is 5.38 Å². The van der Waals surface area contributed by atoms with Crippen LogP contribution in [0.4, 0.5) is 0 Å². The molecule has 14 heavy (non-hydrogen) atoms. The van der Waals surface area contributed by atoms with Gasteiger partial charge in [-0.1, -0.05) is 6.92 Å². The molecule has 0 aromatic carbocycles. The van der Waals surface area contributed by atoms with Crippen LogP contribution in [0.25, 0.3) is 0 Å². The minimum atomic E-state index is -0.456. The first kappa shape index (κ1) is 11.8. The summed E-state index contributed by atoms with van der Waals surface area (Å²) in [6, 6.07) is 0. The predicted molar refractivity (Wildman–Crippen MR) is 56.3 cm³/mol. The van der Waals surface area contributed by atoms with Gasteiger partial charge >= 0.3 is 0 Å². The summed E-state index contributed by atoms with van der Waals surface area (Å²) in [7, 11) is 0. The molecule has 0 unspecified atom stereocenters. The molecule has 1 amide bonds. The van der Waals surface area contributed by atoms with E-state index in [0.29, 0.717) is 19.5 Å². The highest BCUT2D eigenvalue weighted by Crippen LogP contribution is 2.21. The van der Waals surface area contributed by atoms with Crippen molar-refractivity contribution in [1.82, 2.24) is 4.90 Å². The molecule has 1 N–H and O–H groups in total. The molecule has 0 radical (unpaired) electrons. The number of amides is 1. The summed E-state index contributed by atoms with van der Waals surface area (Å²) in [6.07, 6.45) is 1.32. The van der Waals surface area contributed by atoms with Gasteiger partial charge in [-0.15, -0.1) is 11.6 Å². The molecule has 0 bridgehead atoms. The molecule has 1 fully saturated rings. The third-order valence-corrected chi connectivity index (χ3v) is 3.06. The number of carbonyl (C=O) groups excluding carboxylic acids is 1. The third-order valence-electron chi connectivity index (χ3n) is 2.87. The minimum absolute atomic E-state index is 0.0167. The molecule has 0 aliphatic carbocycles. The quantitative estimate of drug-likeness (QED) is 0.710. The van der Waals surface area contributed by atoms with Gasteiger partial charge in [0.05, 0.1) is 6.10 Å². The van der Waals surface area contributed by atoms with Crippen molar-refractivity contribution in [2.24, 2.45) is 5.92 Å². The molecule has 0 spiro atoms. The van der Waals surface area contributed by atoms with Crippen LogP contribution in [0, 0.1) is 5.92 Å². The number of carbonyl (C=O) groups is 1. The number of nitrogens with zero attached hydrogens (tertiary/aromatic N) is 1. The Morgan fingerprint density at radius 1 is 1.71 bits per heavy atom. The maximum Gasteiger partial charge on any atom is 0.240 e. The van der Waals surface area contributed by atoms with Gasteiger partial charge in [-0.05, 0) is 19.8 Å². The van der Waals surface area contributed by atoms with Crippen molar-refractivity contribution in [2.75, 3.05) is 13.1 Å². The van der Waals surface area contributed by atoms with Crippen LogP contribution in [0.3, 0.4) is 0 Å². The van der Waals surface area contributed by atoms with Crippen molar-refractivity contribution in [3.8, 4) is 0 Å². The second-order valence-electron chi connectivity index (χ2n) is 3.92. The molecule has 3 atom stereocenters. The summed E-state index contributed by atoms with van der Waals surface area (Å²) in [5.74, 6) is 0.195. The Morgan fingerprint density at radius 2 is 2.36 bits per heavy atom. The SMILES string of the molecule is CC[C@@H]1CN(C(=O)[C@@H](C)Cl)CC[C@H]1O. The molecule has 1 heterocycles. The fourth-order valence-electron chi connectivity index (χ4n) is 1.87. The van der Waals surface area contributed by atoms with Gasteiger partial charge in [0.25, 0.3) is 0 Å². The number of hydrogen-bond acceptors (Lipinski definition) is 2. The highest BCUT2D eigenvalue weighted by Gasteiger charge is 2.30. The maximum atomic E-state index is 11.6. The Kier molecular flexibility index (Phi) is 4.20. The fraction of sp³-hybridized carbons (Fsp3) is 0.900. The van der Waals surface area contributed by atoms with E-state index in [4.69, 9.17) is 11.6 Å². The molecular formula is C10H18ClNO2. The second-order valence-corrected chi connectivity index (χ2v) is 4.58. The van der Waals surface area contributed by atoms with Gasteiger partial charge < -0.3 is 10.0 Å². The van der Waals surface area contributed by atoms with Crippen LogP contribution in [0.15, 0.2) is 0 Å². The van der Waals surface area contributed by atoms with E-state index in [9.17, 15) is 9.90 Å². The van der Waals surface area contributed by atoms with E-state index in [1.165, 1.54) is 0 Å². The van der Waals surface area contributed by atoms with Crippen molar-refractivity contribution in [1.29, 1.82) is 0 Å². The van der Waals surface area contributed by atoms with Crippen LogP contribution in [0.1, 0.15) is 26.7 Å². The largest absolute Gasteiger partial charge is 0.393 e. The third kappa shape index (κ3) is 2.61. The lowest BCUT2D eigenvalue weighted by Crippen LogP contribution is -2.47. The molecule has 1 aliphatic heterocycles. The summed E-state index contributed by atoms with van der Waals surface area (Å²) in [5, 5.41) is 9.18. The fourth-order valence-corrected chi connectivity index (χ4v) is 2.01. The highest BCUT2D eigenvalue weighted by atomic mass is 35.5. The zero-order valence-corrected chi connectivity index (χ0v) is 9.50. The van der Waals surface area contributed by atoms with Crippen molar-refractivity contribution in [3.63, 3.8) is 0 Å². The Morgan fingerprint density at radius 3 is 2.86 bits per heavy atom. The number of rotatable bonds is 2. The van der Waals surface area contributed by atoms with Gasteiger partial charge in [-0.25, -0.2) is 0 Å². The molecule has 1 saturated heterocycles. The number of likely N-dealkylation sites (tertiary alicyclic amines) is 1. The van der Waals surface area contributed by atoms with Gasteiger partial charge in [-0.2, -0.15) is 0 Å². The van der Waals surface area contributed by atoms with E-state index in [0.717, 1.165) is 6.42 Å². The predicted octanol–water partition coefficient (Wildman–Crippen LogP) is 1.23. The maximum absolute atomic E-state index is 11.6. The van der Waals surface area contributed by atoms with Crippen LogP contribution < -0.4 is 0 Å². The van der Waals surface area contributed by atoms with Crippen molar-refractivity contribution < 1.29 is 9.90 Å². The normalized spacial score (nSPS) is 30.1. The summed E-state index contributed by atoms with van der Waals surface area (Å²) in [5.41, 5.74) is 0. The molecule has 82 valence electrons. The molecule has 0 aromatic heterocycles. The lowest BCUT2D eigenvalue weighted by Gasteiger charge is -2.36. The first-order valence-electron chi connectivity index (χ1n) is 5.17. The summed E-state index contributed by atoms with van der Waals surface area (Å²) >= 11 is 5.74. The second kappa shape index (κ2) is 4.99. The van der Waals surface area contributed by atoms with Crippen molar-refractivity contribution in [2.45, 2.75) is 38.2 Å². The average molecular weight is 220 g/mol. The first-order chi connectivity index (χ1) is 6.56.